The molecule has 1 amide bonds. The summed E-state index contributed by atoms with van der Waals surface area (Å²) in [6, 6.07) is 1.18. The van der Waals surface area contributed by atoms with Crippen LogP contribution in [0.4, 0.5) is 10.5 Å². The zero-order valence-corrected chi connectivity index (χ0v) is 12.0. The molecule has 1 rings (SSSR count). The summed E-state index contributed by atoms with van der Waals surface area (Å²) in [7, 11) is 0. The first-order valence-corrected chi connectivity index (χ1v) is 5.95. The van der Waals surface area contributed by atoms with Crippen molar-refractivity contribution in [1.82, 2.24) is 4.98 Å². The third kappa shape index (κ3) is 4.57. The number of ether oxygens (including phenoxy) is 1. The van der Waals surface area contributed by atoms with Crippen LogP contribution in [0.25, 0.3) is 0 Å². The van der Waals surface area contributed by atoms with Crippen molar-refractivity contribution in [1.29, 1.82) is 0 Å². The molecule has 0 atom stereocenters. The third-order valence-electron chi connectivity index (χ3n) is 1.79. The van der Waals surface area contributed by atoms with Gasteiger partial charge in [-0.15, -0.1) is 0 Å². The summed E-state index contributed by atoms with van der Waals surface area (Å²) in [5.74, 6) is -1.33. The number of carbonyl (C=O) groups excluding carboxylic acids is 1. The van der Waals surface area contributed by atoms with Gasteiger partial charge in [0, 0.05) is 6.07 Å². The molecule has 2 N–H and O–H groups in total. The van der Waals surface area contributed by atoms with Crippen molar-refractivity contribution < 1.29 is 19.4 Å². The Hall–Kier alpha value is -1.53. The molecule has 0 aliphatic carbocycles. The molecule has 0 bridgehead atoms. The fourth-order valence-electron chi connectivity index (χ4n) is 1.20. The zero-order chi connectivity index (χ0) is 14.8. The van der Waals surface area contributed by atoms with Crippen molar-refractivity contribution in [2.75, 3.05) is 5.32 Å². The minimum atomic E-state index is -1.33. The Kier molecular flexibility index (Phi) is 4.60. The average molecular weight is 307 g/mol. The first-order valence-electron chi connectivity index (χ1n) is 5.19. The molecule has 0 unspecified atom stereocenters. The summed E-state index contributed by atoms with van der Waals surface area (Å²) in [5.41, 5.74) is -1.14. The Balaban J connectivity index is 3.07. The highest BCUT2D eigenvalue weighted by Crippen LogP contribution is 2.26. The molecular formula is C11H12Cl2N2O4. The molecule has 0 radical (unpaired) electrons. The van der Waals surface area contributed by atoms with Crippen LogP contribution in [0.2, 0.25) is 10.3 Å². The number of aromatic carboxylic acids is 1. The van der Waals surface area contributed by atoms with Crippen LogP contribution in [-0.4, -0.2) is 27.8 Å². The van der Waals surface area contributed by atoms with E-state index in [1.807, 2.05) is 0 Å². The van der Waals surface area contributed by atoms with Crippen molar-refractivity contribution in [2.45, 2.75) is 26.4 Å². The van der Waals surface area contributed by atoms with Gasteiger partial charge in [-0.25, -0.2) is 14.6 Å². The van der Waals surface area contributed by atoms with E-state index >= 15 is 0 Å². The second kappa shape index (κ2) is 5.63. The smallest absolute Gasteiger partial charge is 0.412 e. The number of hydrogen-bond acceptors (Lipinski definition) is 4. The Bertz CT molecular complexity index is 526. The summed E-state index contributed by atoms with van der Waals surface area (Å²) >= 11 is 11.3. The second-order valence-electron chi connectivity index (χ2n) is 4.59. The maximum absolute atomic E-state index is 11.6. The molecule has 19 heavy (non-hydrogen) atoms. The molecule has 0 fully saturated rings. The standard InChI is InChI=1S/C11H12Cl2N2O4/c1-11(2,3)19-10(18)14-5-4-6(12)15-8(13)7(5)9(16)17/h4H,1-3H3,(H,16,17)(H,14,15,18). The number of anilines is 1. The quantitative estimate of drug-likeness (QED) is 0.817. The first-order chi connectivity index (χ1) is 8.60. The van der Waals surface area contributed by atoms with Crippen molar-refractivity contribution in [3.8, 4) is 0 Å². The molecule has 0 saturated carbocycles. The number of nitrogens with one attached hydrogen (secondary N) is 1. The fraction of sp³-hybridized carbons (Fsp3) is 0.364. The van der Waals surface area contributed by atoms with Gasteiger partial charge in [0.05, 0.1) is 5.69 Å². The SMILES string of the molecule is CC(C)(C)OC(=O)Nc1cc(Cl)nc(Cl)c1C(=O)O. The van der Waals surface area contributed by atoms with Gasteiger partial charge < -0.3 is 9.84 Å². The van der Waals surface area contributed by atoms with E-state index in [2.05, 4.69) is 10.3 Å². The van der Waals surface area contributed by atoms with Gasteiger partial charge in [-0.1, -0.05) is 23.2 Å². The first kappa shape index (κ1) is 15.5. The predicted octanol–water partition coefficient (Wildman–Crippen LogP) is 3.43. The topological polar surface area (TPSA) is 88.5 Å². The van der Waals surface area contributed by atoms with E-state index in [9.17, 15) is 9.59 Å². The summed E-state index contributed by atoms with van der Waals surface area (Å²) in [6.07, 6.45) is -0.812. The van der Waals surface area contributed by atoms with E-state index in [1.54, 1.807) is 20.8 Å². The van der Waals surface area contributed by atoms with Gasteiger partial charge in [0.2, 0.25) is 0 Å². The van der Waals surface area contributed by atoms with Gasteiger partial charge in [0.25, 0.3) is 0 Å². The van der Waals surface area contributed by atoms with Crippen LogP contribution >= 0.6 is 23.2 Å². The van der Waals surface area contributed by atoms with E-state index < -0.39 is 17.7 Å². The number of carbonyl (C=O) groups is 2. The lowest BCUT2D eigenvalue weighted by atomic mass is 10.2. The Morgan fingerprint density at radius 3 is 2.42 bits per heavy atom. The van der Waals surface area contributed by atoms with E-state index in [4.69, 9.17) is 33.0 Å². The number of carboxylic acid groups (broad SMARTS) is 1. The van der Waals surface area contributed by atoms with Crippen LogP contribution in [-0.2, 0) is 4.74 Å². The molecule has 0 spiro atoms. The largest absolute Gasteiger partial charge is 0.478 e. The van der Waals surface area contributed by atoms with E-state index in [-0.39, 0.29) is 21.6 Å². The lowest BCUT2D eigenvalue weighted by Crippen LogP contribution is -2.27. The van der Waals surface area contributed by atoms with Gasteiger partial charge in [0.15, 0.2) is 0 Å². The van der Waals surface area contributed by atoms with Gasteiger partial charge in [0.1, 0.15) is 21.5 Å². The molecule has 0 saturated heterocycles. The summed E-state index contributed by atoms with van der Waals surface area (Å²) in [6.45, 7) is 5.03. The number of amides is 1. The van der Waals surface area contributed by atoms with E-state index in [1.165, 1.54) is 6.07 Å². The molecule has 6 nitrogen and oxygen atoms in total. The number of hydrogen-bond donors (Lipinski definition) is 2. The molecule has 0 aliphatic heterocycles. The van der Waals surface area contributed by atoms with E-state index in [0.717, 1.165) is 0 Å². The van der Waals surface area contributed by atoms with Crippen LogP contribution in [0.5, 0.6) is 0 Å². The molecule has 8 heteroatoms. The van der Waals surface area contributed by atoms with Crippen LogP contribution in [0.1, 0.15) is 31.1 Å². The van der Waals surface area contributed by atoms with E-state index in [0.29, 0.717) is 0 Å². The molecule has 0 aromatic carbocycles. The lowest BCUT2D eigenvalue weighted by molar-refractivity contribution is 0.0636. The highest BCUT2D eigenvalue weighted by atomic mass is 35.5. The lowest BCUT2D eigenvalue weighted by Gasteiger charge is -2.20. The maximum atomic E-state index is 11.6. The minimum absolute atomic E-state index is 0.0407. The summed E-state index contributed by atoms with van der Waals surface area (Å²) in [4.78, 5) is 26.2. The van der Waals surface area contributed by atoms with Crippen molar-refractivity contribution in [3.05, 3.63) is 21.9 Å². The minimum Gasteiger partial charge on any atom is -0.478 e. The number of halogens is 2. The van der Waals surface area contributed by atoms with Gasteiger partial charge in [-0.2, -0.15) is 0 Å². The fourth-order valence-corrected chi connectivity index (χ4v) is 1.71. The van der Waals surface area contributed by atoms with Gasteiger partial charge >= 0.3 is 12.1 Å². The number of pyridine rings is 1. The van der Waals surface area contributed by atoms with Gasteiger partial charge in [-0.05, 0) is 20.8 Å². The average Bonchev–Trinajstić information content (AvgIpc) is 2.10. The van der Waals surface area contributed by atoms with Crippen molar-refractivity contribution >= 4 is 41.0 Å². The summed E-state index contributed by atoms with van der Waals surface area (Å²) in [5, 5.41) is 10.9. The Labute approximate surface area is 119 Å². The summed E-state index contributed by atoms with van der Waals surface area (Å²) < 4.78 is 5.01. The maximum Gasteiger partial charge on any atom is 0.412 e. The van der Waals surface area contributed by atoms with Crippen LogP contribution in [0.15, 0.2) is 6.07 Å². The van der Waals surface area contributed by atoms with Gasteiger partial charge in [-0.3, -0.25) is 5.32 Å². The number of carboxylic acids is 1. The van der Waals surface area contributed by atoms with Crippen molar-refractivity contribution in [2.24, 2.45) is 0 Å². The molecular weight excluding hydrogens is 295 g/mol. The van der Waals surface area contributed by atoms with Crippen LogP contribution < -0.4 is 5.32 Å². The Morgan fingerprint density at radius 1 is 1.37 bits per heavy atom. The highest BCUT2D eigenvalue weighted by molar-refractivity contribution is 6.35. The number of aromatic nitrogens is 1. The normalized spacial score (nSPS) is 11.0. The molecule has 0 aliphatic rings. The zero-order valence-electron chi connectivity index (χ0n) is 10.5. The monoisotopic (exact) mass is 306 g/mol. The number of rotatable bonds is 2. The molecule has 104 valence electrons. The highest BCUT2D eigenvalue weighted by Gasteiger charge is 2.22. The van der Waals surface area contributed by atoms with Crippen LogP contribution in [0, 0.1) is 0 Å². The third-order valence-corrected chi connectivity index (χ3v) is 2.26. The number of nitrogens with zero attached hydrogens (tertiary/aromatic N) is 1. The van der Waals surface area contributed by atoms with Crippen LogP contribution in [0.3, 0.4) is 0 Å². The van der Waals surface area contributed by atoms with Crippen molar-refractivity contribution in [3.63, 3.8) is 0 Å². The second-order valence-corrected chi connectivity index (χ2v) is 5.34. The molecule has 1 heterocycles. The predicted molar refractivity (Wildman–Crippen MR) is 71.1 cm³/mol. The molecule has 1 aromatic heterocycles. The molecule has 1 aromatic rings. The Morgan fingerprint density at radius 2 is 1.95 bits per heavy atom.